The van der Waals surface area contributed by atoms with Crippen LogP contribution in [0.25, 0.3) is 0 Å². The summed E-state index contributed by atoms with van der Waals surface area (Å²) < 4.78 is 0. The fraction of sp³-hybridized carbons (Fsp3) is 0.818. The molecule has 0 radical (unpaired) electrons. The Kier molecular flexibility index (Phi) is 4.82. The van der Waals surface area contributed by atoms with Crippen LogP contribution in [0.1, 0.15) is 20.8 Å². The molecular weight excluding hydrogens is 240 g/mol. The Morgan fingerprint density at radius 1 is 1.47 bits per heavy atom. The van der Waals surface area contributed by atoms with Gasteiger partial charge in [-0.3, -0.25) is 4.79 Å². The van der Waals surface area contributed by atoms with Gasteiger partial charge in [0.2, 0.25) is 5.91 Å². The minimum atomic E-state index is -0.991. The molecule has 0 aromatic heterocycles. The molecule has 0 aromatic rings. The van der Waals surface area contributed by atoms with Crippen molar-refractivity contribution in [1.29, 1.82) is 0 Å². The topological polar surface area (TPSA) is 78.4 Å². The number of carboxylic acids is 1. The van der Waals surface area contributed by atoms with Crippen LogP contribution in [0.4, 0.5) is 0 Å². The molecule has 3 N–H and O–H groups in total. The smallest absolute Gasteiger partial charge is 0.326 e. The Morgan fingerprint density at radius 2 is 2.12 bits per heavy atom. The molecule has 0 aliphatic carbocycles. The monoisotopic (exact) mass is 260 g/mol. The third-order valence-electron chi connectivity index (χ3n) is 2.64. The minimum Gasteiger partial charge on any atom is -0.480 e. The SMILES string of the molecule is CC(C)(C)[C@H](NC(=O)C1CSCCN1)C(=O)O. The lowest BCUT2D eigenvalue weighted by molar-refractivity contribution is -0.145. The number of thioether (sulfide) groups is 1. The highest BCUT2D eigenvalue weighted by Gasteiger charge is 2.34. The molecule has 5 nitrogen and oxygen atoms in total. The van der Waals surface area contributed by atoms with Crippen LogP contribution in [-0.4, -0.2) is 47.1 Å². The minimum absolute atomic E-state index is 0.223. The molecule has 1 saturated heterocycles. The second-order valence-electron chi connectivity index (χ2n) is 5.23. The van der Waals surface area contributed by atoms with Crippen molar-refractivity contribution in [3.8, 4) is 0 Å². The molecule has 17 heavy (non-hydrogen) atoms. The van der Waals surface area contributed by atoms with Crippen LogP contribution in [0.3, 0.4) is 0 Å². The van der Waals surface area contributed by atoms with Gasteiger partial charge in [0, 0.05) is 18.1 Å². The van der Waals surface area contributed by atoms with Gasteiger partial charge in [-0.15, -0.1) is 0 Å². The Labute approximate surface area is 106 Å². The number of carboxylic acid groups (broad SMARTS) is 1. The second kappa shape index (κ2) is 5.73. The summed E-state index contributed by atoms with van der Waals surface area (Å²) >= 11 is 1.70. The molecule has 1 unspecified atom stereocenters. The van der Waals surface area contributed by atoms with E-state index in [1.165, 1.54) is 0 Å². The lowest BCUT2D eigenvalue weighted by atomic mass is 9.86. The molecule has 1 fully saturated rings. The van der Waals surface area contributed by atoms with Gasteiger partial charge in [-0.05, 0) is 5.41 Å². The zero-order chi connectivity index (χ0) is 13.1. The predicted octanol–water partition coefficient (Wildman–Crippen LogP) is 0.307. The predicted molar refractivity (Wildman–Crippen MR) is 68.1 cm³/mol. The van der Waals surface area contributed by atoms with Crippen molar-refractivity contribution in [1.82, 2.24) is 10.6 Å². The molecule has 1 amide bonds. The molecular formula is C11H20N2O3S. The maximum absolute atomic E-state index is 11.9. The molecule has 1 rings (SSSR count). The van der Waals surface area contributed by atoms with Crippen molar-refractivity contribution in [2.24, 2.45) is 5.41 Å². The van der Waals surface area contributed by atoms with Crippen molar-refractivity contribution < 1.29 is 14.7 Å². The number of carbonyl (C=O) groups excluding carboxylic acids is 1. The summed E-state index contributed by atoms with van der Waals surface area (Å²) in [5, 5.41) is 14.8. The number of hydrogen-bond donors (Lipinski definition) is 3. The quantitative estimate of drug-likeness (QED) is 0.680. The van der Waals surface area contributed by atoms with Gasteiger partial charge in [0.05, 0.1) is 6.04 Å². The van der Waals surface area contributed by atoms with Crippen LogP contribution in [0, 0.1) is 5.41 Å². The van der Waals surface area contributed by atoms with E-state index < -0.39 is 17.4 Å². The number of carbonyl (C=O) groups is 2. The van der Waals surface area contributed by atoms with Crippen LogP contribution in [0.15, 0.2) is 0 Å². The van der Waals surface area contributed by atoms with E-state index in [9.17, 15) is 9.59 Å². The summed E-state index contributed by atoms with van der Waals surface area (Å²) in [7, 11) is 0. The average Bonchev–Trinajstić information content (AvgIpc) is 2.24. The maximum Gasteiger partial charge on any atom is 0.326 e. The Balaban J connectivity index is 2.60. The standard InChI is InChI=1S/C11H20N2O3S/c1-11(2,3)8(10(15)16)13-9(14)7-6-17-5-4-12-7/h7-8,12H,4-6H2,1-3H3,(H,13,14)(H,15,16)/t7?,8-/m1/s1. The maximum atomic E-state index is 11.9. The number of hydrogen-bond acceptors (Lipinski definition) is 4. The van der Waals surface area contributed by atoms with Crippen LogP contribution >= 0.6 is 11.8 Å². The number of nitrogens with one attached hydrogen (secondary N) is 2. The van der Waals surface area contributed by atoms with Gasteiger partial charge in [-0.25, -0.2) is 4.79 Å². The van der Waals surface area contributed by atoms with Gasteiger partial charge in [0.1, 0.15) is 6.04 Å². The van der Waals surface area contributed by atoms with E-state index in [1.807, 2.05) is 0 Å². The van der Waals surface area contributed by atoms with E-state index in [0.717, 1.165) is 12.3 Å². The van der Waals surface area contributed by atoms with Gasteiger partial charge in [0.15, 0.2) is 0 Å². The highest BCUT2D eigenvalue weighted by atomic mass is 32.2. The second-order valence-corrected chi connectivity index (χ2v) is 6.38. The molecule has 0 spiro atoms. The van der Waals surface area contributed by atoms with Gasteiger partial charge in [0.25, 0.3) is 0 Å². The largest absolute Gasteiger partial charge is 0.480 e. The van der Waals surface area contributed by atoms with Gasteiger partial charge >= 0.3 is 5.97 Å². The Hall–Kier alpha value is -0.750. The molecule has 1 heterocycles. The zero-order valence-corrected chi connectivity index (χ0v) is 11.3. The van der Waals surface area contributed by atoms with Crippen molar-refractivity contribution in [3.05, 3.63) is 0 Å². The number of rotatable bonds is 3. The Morgan fingerprint density at radius 3 is 2.53 bits per heavy atom. The van der Waals surface area contributed by atoms with Crippen molar-refractivity contribution in [3.63, 3.8) is 0 Å². The van der Waals surface area contributed by atoms with Crippen LogP contribution in [0.5, 0.6) is 0 Å². The van der Waals surface area contributed by atoms with E-state index in [4.69, 9.17) is 5.11 Å². The lowest BCUT2D eigenvalue weighted by Crippen LogP contribution is -2.56. The Bertz CT molecular complexity index is 296. The van der Waals surface area contributed by atoms with Crippen LogP contribution in [-0.2, 0) is 9.59 Å². The third kappa shape index (κ3) is 4.20. The highest BCUT2D eigenvalue weighted by Crippen LogP contribution is 2.20. The van der Waals surface area contributed by atoms with E-state index in [2.05, 4.69) is 10.6 Å². The lowest BCUT2D eigenvalue weighted by Gasteiger charge is -2.30. The fourth-order valence-corrected chi connectivity index (χ4v) is 2.56. The summed E-state index contributed by atoms with van der Waals surface area (Å²) in [6.45, 7) is 6.19. The first-order valence-electron chi connectivity index (χ1n) is 5.66. The summed E-state index contributed by atoms with van der Waals surface area (Å²) in [5.41, 5.74) is -0.497. The average molecular weight is 260 g/mol. The molecule has 0 aromatic carbocycles. The molecule has 1 aliphatic heterocycles. The molecule has 6 heteroatoms. The number of aliphatic carboxylic acids is 1. The first kappa shape index (κ1) is 14.3. The van der Waals surface area contributed by atoms with E-state index in [-0.39, 0.29) is 11.9 Å². The highest BCUT2D eigenvalue weighted by molar-refractivity contribution is 7.99. The third-order valence-corrected chi connectivity index (χ3v) is 3.70. The van der Waals surface area contributed by atoms with Crippen LogP contribution in [0.2, 0.25) is 0 Å². The normalized spacial score (nSPS) is 22.9. The summed E-state index contributed by atoms with van der Waals surface area (Å²) in [4.78, 5) is 23.0. The van der Waals surface area contributed by atoms with Gasteiger partial charge in [-0.2, -0.15) is 11.8 Å². The molecule has 98 valence electrons. The van der Waals surface area contributed by atoms with Crippen molar-refractivity contribution >= 4 is 23.6 Å². The van der Waals surface area contributed by atoms with Crippen molar-refractivity contribution in [2.75, 3.05) is 18.1 Å². The molecule has 2 atom stereocenters. The van der Waals surface area contributed by atoms with Crippen LogP contribution < -0.4 is 10.6 Å². The van der Waals surface area contributed by atoms with E-state index >= 15 is 0 Å². The van der Waals surface area contributed by atoms with Crippen molar-refractivity contribution in [2.45, 2.75) is 32.9 Å². The van der Waals surface area contributed by atoms with E-state index in [0.29, 0.717) is 5.75 Å². The molecule has 1 aliphatic rings. The summed E-state index contributed by atoms with van der Waals surface area (Å²) in [6, 6.07) is -1.14. The summed E-state index contributed by atoms with van der Waals surface area (Å²) in [5.74, 6) is 0.474. The molecule has 0 bridgehead atoms. The first-order chi connectivity index (χ1) is 7.82. The first-order valence-corrected chi connectivity index (χ1v) is 6.82. The number of amides is 1. The van der Waals surface area contributed by atoms with Gasteiger partial charge < -0.3 is 15.7 Å². The fourth-order valence-electron chi connectivity index (χ4n) is 1.63. The zero-order valence-electron chi connectivity index (χ0n) is 10.4. The van der Waals surface area contributed by atoms with E-state index in [1.54, 1.807) is 32.5 Å². The molecule has 0 saturated carbocycles. The van der Waals surface area contributed by atoms with Gasteiger partial charge in [-0.1, -0.05) is 20.8 Å². The summed E-state index contributed by atoms with van der Waals surface area (Å²) in [6.07, 6.45) is 0.